The Bertz CT molecular complexity index is 402. The van der Waals surface area contributed by atoms with Gasteiger partial charge >= 0.3 is 0 Å². The van der Waals surface area contributed by atoms with Crippen molar-refractivity contribution in [3.63, 3.8) is 0 Å². The van der Waals surface area contributed by atoms with Gasteiger partial charge in [-0.25, -0.2) is 0 Å². The molecule has 0 heterocycles. The van der Waals surface area contributed by atoms with Crippen LogP contribution in [0.15, 0.2) is 28.7 Å². The van der Waals surface area contributed by atoms with Crippen LogP contribution in [0.1, 0.15) is 26.3 Å². The summed E-state index contributed by atoms with van der Waals surface area (Å²) in [6.07, 6.45) is 0. The SMILES string of the molecule is CC(N)C(=O)NCC(C)(C)c1cccc(Br)c1. The zero-order valence-corrected chi connectivity index (χ0v) is 12.0. The van der Waals surface area contributed by atoms with Crippen molar-refractivity contribution in [2.24, 2.45) is 5.73 Å². The van der Waals surface area contributed by atoms with Crippen LogP contribution in [0.5, 0.6) is 0 Å². The van der Waals surface area contributed by atoms with Crippen LogP contribution >= 0.6 is 15.9 Å². The van der Waals surface area contributed by atoms with Gasteiger partial charge in [-0.1, -0.05) is 41.9 Å². The highest BCUT2D eigenvalue weighted by Crippen LogP contribution is 2.24. The van der Waals surface area contributed by atoms with Crippen molar-refractivity contribution in [1.29, 1.82) is 0 Å². The lowest BCUT2D eigenvalue weighted by Crippen LogP contribution is -2.43. The smallest absolute Gasteiger partial charge is 0.236 e. The number of carbonyl (C=O) groups excluding carboxylic acids is 1. The van der Waals surface area contributed by atoms with Gasteiger partial charge in [-0.2, -0.15) is 0 Å². The maximum absolute atomic E-state index is 11.4. The molecule has 1 amide bonds. The third kappa shape index (κ3) is 4.13. The Morgan fingerprint density at radius 3 is 2.71 bits per heavy atom. The van der Waals surface area contributed by atoms with Gasteiger partial charge in [0, 0.05) is 16.4 Å². The van der Waals surface area contributed by atoms with Gasteiger partial charge < -0.3 is 11.1 Å². The van der Waals surface area contributed by atoms with Gasteiger partial charge in [0.15, 0.2) is 0 Å². The Morgan fingerprint density at radius 1 is 1.53 bits per heavy atom. The average molecular weight is 299 g/mol. The molecule has 0 spiro atoms. The van der Waals surface area contributed by atoms with E-state index < -0.39 is 6.04 Å². The Balaban J connectivity index is 2.72. The van der Waals surface area contributed by atoms with Crippen molar-refractivity contribution in [3.8, 4) is 0 Å². The van der Waals surface area contributed by atoms with Crippen molar-refractivity contribution in [2.75, 3.05) is 6.54 Å². The predicted molar refractivity (Wildman–Crippen MR) is 73.8 cm³/mol. The zero-order chi connectivity index (χ0) is 13.1. The molecule has 0 saturated heterocycles. The first kappa shape index (κ1) is 14.2. The van der Waals surface area contributed by atoms with Gasteiger partial charge in [0.1, 0.15) is 0 Å². The molecule has 4 heteroatoms. The first-order chi connectivity index (χ1) is 7.83. The molecule has 0 aliphatic rings. The lowest BCUT2D eigenvalue weighted by Gasteiger charge is -2.26. The summed E-state index contributed by atoms with van der Waals surface area (Å²) < 4.78 is 1.04. The molecule has 0 bridgehead atoms. The number of carbonyl (C=O) groups is 1. The summed E-state index contributed by atoms with van der Waals surface area (Å²) in [5, 5.41) is 2.86. The number of hydrogen-bond donors (Lipinski definition) is 2. The van der Waals surface area contributed by atoms with E-state index in [2.05, 4.69) is 47.2 Å². The highest BCUT2D eigenvalue weighted by molar-refractivity contribution is 9.10. The molecule has 0 fully saturated rings. The summed E-state index contributed by atoms with van der Waals surface area (Å²) in [6.45, 7) is 6.44. The van der Waals surface area contributed by atoms with E-state index in [9.17, 15) is 4.79 Å². The van der Waals surface area contributed by atoms with Crippen LogP contribution in [0.3, 0.4) is 0 Å². The van der Waals surface area contributed by atoms with E-state index in [0.29, 0.717) is 6.54 Å². The second kappa shape index (κ2) is 5.65. The second-order valence-corrected chi connectivity index (χ2v) is 5.82. The Hall–Kier alpha value is -0.870. The van der Waals surface area contributed by atoms with E-state index in [1.807, 2.05) is 12.1 Å². The standard InChI is InChI=1S/C13H19BrN2O/c1-9(15)12(17)16-8-13(2,3)10-5-4-6-11(14)7-10/h4-7,9H,8,15H2,1-3H3,(H,16,17). The second-order valence-electron chi connectivity index (χ2n) is 4.90. The lowest BCUT2D eigenvalue weighted by atomic mass is 9.84. The summed E-state index contributed by atoms with van der Waals surface area (Å²) in [6, 6.07) is 7.64. The van der Waals surface area contributed by atoms with Crippen molar-refractivity contribution in [3.05, 3.63) is 34.3 Å². The van der Waals surface area contributed by atoms with E-state index >= 15 is 0 Å². The average Bonchev–Trinajstić information content (AvgIpc) is 2.26. The summed E-state index contributed by atoms with van der Waals surface area (Å²) in [5.74, 6) is -0.118. The molecule has 1 aromatic rings. The highest BCUT2D eigenvalue weighted by Gasteiger charge is 2.22. The molecule has 3 N–H and O–H groups in total. The number of hydrogen-bond acceptors (Lipinski definition) is 2. The minimum Gasteiger partial charge on any atom is -0.354 e. The van der Waals surface area contributed by atoms with E-state index in [-0.39, 0.29) is 11.3 Å². The molecular weight excluding hydrogens is 280 g/mol. The van der Waals surface area contributed by atoms with Crippen LogP contribution in [-0.2, 0) is 10.2 Å². The van der Waals surface area contributed by atoms with Crippen molar-refractivity contribution in [1.82, 2.24) is 5.32 Å². The molecule has 3 nitrogen and oxygen atoms in total. The van der Waals surface area contributed by atoms with Crippen LogP contribution in [0.4, 0.5) is 0 Å². The van der Waals surface area contributed by atoms with E-state index in [4.69, 9.17) is 5.73 Å². The molecule has 1 atom stereocenters. The topological polar surface area (TPSA) is 55.1 Å². The number of nitrogens with one attached hydrogen (secondary N) is 1. The number of amides is 1. The van der Waals surface area contributed by atoms with Gasteiger partial charge in [0.25, 0.3) is 0 Å². The van der Waals surface area contributed by atoms with Crippen LogP contribution in [-0.4, -0.2) is 18.5 Å². The maximum Gasteiger partial charge on any atom is 0.236 e. The van der Waals surface area contributed by atoms with Crippen LogP contribution < -0.4 is 11.1 Å². The van der Waals surface area contributed by atoms with Gasteiger partial charge in [-0.3, -0.25) is 4.79 Å². The van der Waals surface area contributed by atoms with Gasteiger partial charge in [0.05, 0.1) is 6.04 Å². The Morgan fingerprint density at radius 2 is 2.18 bits per heavy atom. The summed E-state index contributed by atoms with van der Waals surface area (Å²) in [7, 11) is 0. The highest BCUT2D eigenvalue weighted by atomic mass is 79.9. The predicted octanol–water partition coefficient (Wildman–Crippen LogP) is 2.19. The van der Waals surface area contributed by atoms with Gasteiger partial charge in [-0.15, -0.1) is 0 Å². The fraction of sp³-hybridized carbons (Fsp3) is 0.462. The normalized spacial score (nSPS) is 13.2. The lowest BCUT2D eigenvalue weighted by molar-refractivity contribution is -0.122. The van der Waals surface area contributed by atoms with E-state index in [1.165, 1.54) is 5.56 Å². The largest absolute Gasteiger partial charge is 0.354 e. The van der Waals surface area contributed by atoms with Crippen LogP contribution in [0.2, 0.25) is 0 Å². The van der Waals surface area contributed by atoms with E-state index in [1.54, 1.807) is 6.92 Å². The maximum atomic E-state index is 11.4. The molecule has 0 aliphatic heterocycles. The summed E-state index contributed by atoms with van der Waals surface area (Å²) in [4.78, 5) is 11.4. The third-order valence-electron chi connectivity index (χ3n) is 2.72. The number of benzene rings is 1. The molecule has 1 rings (SSSR count). The molecule has 17 heavy (non-hydrogen) atoms. The monoisotopic (exact) mass is 298 g/mol. The summed E-state index contributed by atoms with van der Waals surface area (Å²) in [5.41, 5.74) is 6.57. The molecule has 0 saturated carbocycles. The van der Waals surface area contributed by atoms with Crippen molar-refractivity contribution >= 4 is 21.8 Å². The van der Waals surface area contributed by atoms with Crippen LogP contribution in [0, 0.1) is 0 Å². The fourth-order valence-corrected chi connectivity index (χ4v) is 1.88. The first-order valence-electron chi connectivity index (χ1n) is 5.62. The molecule has 1 unspecified atom stereocenters. The van der Waals surface area contributed by atoms with Crippen molar-refractivity contribution in [2.45, 2.75) is 32.2 Å². The van der Waals surface area contributed by atoms with Crippen molar-refractivity contribution < 1.29 is 4.79 Å². The first-order valence-corrected chi connectivity index (χ1v) is 6.41. The quantitative estimate of drug-likeness (QED) is 0.895. The number of rotatable bonds is 4. The fourth-order valence-electron chi connectivity index (χ4n) is 1.48. The zero-order valence-electron chi connectivity index (χ0n) is 10.5. The molecule has 0 aliphatic carbocycles. The molecule has 0 aromatic heterocycles. The molecular formula is C13H19BrN2O. The van der Waals surface area contributed by atoms with Crippen LogP contribution in [0.25, 0.3) is 0 Å². The third-order valence-corrected chi connectivity index (χ3v) is 3.22. The van der Waals surface area contributed by atoms with Gasteiger partial charge in [0.2, 0.25) is 5.91 Å². The minimum atomic E-state index is -0.465. The minimum absolute atomic E-state index is 0.117. The molecule has 94 valence electrons. The number of nitrogens with two attached hydrogens (primary N) is 1. The Kier molecular flexibility index (Phi) is 4.71. The molecule has 0 radical (unpaired) electrons. The van der Waals surface area contributed by atoms with Gasteiger partial charge in [-0.05, 0) is 24.6 Å². The van der Waals surface area contributed by atoms with E-state index in [0.717, 1.165) is 4.47 Å². The number of halogens is 1. The molecule has 1 aromatic carbocycles. The summed E-state index contributed by atoms with van der Waals surface area (Å²) >= 11 is 3.45. The Labute approximate surface area is 111 Å².